The molecule has 0 aliphatic carbocycles. The van der Waals surface area contributed by atoms with E-state index in [2.05, 4.69) is 10.1 Å². The van der Waals surface area contributed by atoms with Crippen molar-refractivity contribution < 1.29 is 14.1 Å². The standard InChI is InChI=1S/C19H25N3O3/c1-13(2)19-20-17(25-21-19)9-10-18(23)22-11-14(3)24-16(12-22)15-7-5-4-6-8-15/h4-8,13-14,16H,9-12H2,1-3H3/t14-,16-/m0/s1. The quantitative estimate of drug-likeness (QED) is 0.834. The van der Waals surface area contributed by atoms with E-state index in [9.17, 15) is 4.79 Å². The lowest BCUT2D eigenvalue weighted by Crippen LogP contribution is -2.46. The maximum atomic E-state index is 12.6. The summed E-state index contributed by atoms with van der Waals surface area (Å²) in [6, 6.07) is 10.0. The van der Waals surface area contributed by atoms with Crippen molar-refractivity contribution in [1.82, 2.24) is 15.0 Å². The Hall–Kier alpha value is -2.21. The average Bonchev–Trinajstić information content (AvgIpc) is 3.09. The molecule has 0 radical (unpaired) electrons. The Kier molecular flexibility index (Phi) is 5.48. The van der Waals surface area contributed by atoms with Crippen LogP contribution in [0.4, 0.5) is 0 Å². The van der Waals surface area contributed by atoms with Gasteiger partial charge in [0.15, 0.2) is 5.82 Å². The van der Waals surface area contributed by atoms with Gasteiger partial charge in [-0.15, -0.1) is 0 Å². The summed E-state index contributed by atoms with van der Waals surface area (Å²) in [6.45, 7) is 7.22. The van der Waals surface area contributed by atoms with Crippen molar-refractivity contribution in [1.29, 1.82) is 0 Å². The van der Waals surface area contributed by atoms with Crippen LogP contribution in [0.3, 0.4) is 0 Å². The van der Waals surface area contributed by atoms with Crippen molar-refractivity contribution in [2.24, 2.45) is 0 Å². The third kappa shape index (κ3) is 4.45. The number of carbonyl (C=O) groups excluding carboxylic acids is 1. The van der Waals surface area contributed by atoms with Gasteiger partial charge in [0.25, 0.3) is 0 Å². The molecule has 3 rings (SSSR count). The highest BCUT2D eigenvalue weighted by Gasteiger charge is 2.29. The van der Waals surface area contributed by atoms with Gasteiger partial charge in [0.05, 0.1) is 12.6 Å². The topological polar surface area (TPSA) is 68.5 Å². The van der Waals surface area contributed by atoms with E-state index in [1.807, 2.05) is 56.0 Å². The molecule has 1 aromatic heterocycles. The summed E-state index contributed by atoms with van der Waals surface area (Å²) in [5.41, 5.74) is 1.10. The number of morpholine rings is 1. The van der Waals surface area contributed by atoms with Gasteiger partial charge >= 0.3 is 0 Å². The molecule has 6 nitrogen and oxygen atoms in total. The Labute approximate surface area is 148 Å². The van der Waals surface area contributed by atoms with Gasteiger partial charge in [0, 0.05) is 25.3 Å². The summed E-state index contributed by atoms with van der Waals surface area (Å²) in [7, 11) is 0. The zero-order valence-corrected chi connectivity index (χ0v) is 15.0. The van der Waals surface area contributed by atoms with Gasteiger partial charge in [-0.05, 0) is 12.5 Å². The van der Waals surface area contributed by atoms with E-state index in [0.29, 0.717) is 37.6 Å². The Balaban J connectivity index is 1.59. The van der Waals surface area contributed by atoms with Crippen LogP contribution in [0.1, 0.15) is 56.5 Å². The van der Waals surface area contributed by atoms with Crippen LogP contribution in [0.5, 0.6) is 0 Å². The number of hydrogen-bond acceptors (Lipinski definition) is 5. The fourth-order valence-electron chi connectivity index (χ4n) is 2.98. The second-order valence-electron chi connectivity index (χ2n) is 6.85. The van der Waals surface area contributed by atoms with E-state index in [1.165, 1.54) is 0 Å². The predicted octanol–water partition coefficient (Wildman–Crippen LogP) is 3.11. The molecule has 1 fully saturated rings. The number of ether oxygens (including phenoxy) is 1. The molecule has 2 aromatic rings. The Morgan fingerprint density at radius 3 is 2.72 bits per heavy atom. The van der Waals surface area contributed by atoms with Gasteiger partial charge in [0.2, 0.25) is 11.8 Å². The van der Waals surface area contributed by atoms with Crippen molar-refractivity contribution >= 4 is 5.91 Å². The van der Waals surface area contributed by atoms with Crippen LogP contribution in [0.2, 0.25) is 0 Å². The molecule has 0 spiro atoms. The summed E-state index contributed by atoms with van der Waals surface area (Å²) < 4.78 is 11.2. The van der Waals surface area contributed by atoms with Crippen molar-refractivity contribution in [2.75, 3.05) is 13.1 Å². The molecule has 134 valence electrons. The zero-order valence-electron chi connectivity index (χ0n) is 15.0. The minimum atomic E-state index is -0.0788. The highest BCUT2D eigenvalue weighted by atomic mass is 16.5. The molecule has 0 saturated carbocycles. The first-order chi connectivity index (χ1) is 12.0. The van der Waals surface area contributed by atoms with Crippen LogP contribution < -0.4 is 0 Å². The largest absolute Gasteiger partial charge is 0.367 e. The molecular weight excluding hydrogens is 318 g/mol. The highest BCUT2D eigenvalue weighted by molar-refractivity contribution is 5.76. The van der Waals surface area contributed by atoms with Crippen LogP contribution in [-0.2, 0) is 16.0 Å². The van der Waals surface area contributed by atoms with Crippen molar-refractivity contribution in [3.8, 4) is 0 Å². The summed E-state index contributed by atoms with van der Waals surface area (Å²) in [4.78, 5) is 18.8. The van der Waals surface area contributed by atoms with Gasteiger partial charge < -0.3 is 14.2 Å². The number of aryl methyl sites for hydroxylation is 1. The van der Waals surface area contributed by atoms with E-state index < -0.39 is 0 Å². The van der Waals surface area contributed by atoms with E-state index in [-0.39, 0.29) is 24.0 Å². The van der Waals surface area contributed by atoms with Crippen molar-refractivity contribution in [3.05, 3.63) is 47.6 Å². The first-order valence-corrected chi connectivity index (χ1v) is 8.83. The van der Waals surface area contributed by atoms with Gasteiger partial charge in [-0.1, -0.05) is 49.3 Å². The molecule has 25 heavy (non-hydrogen) atoms. The lowest BCUT2D eigenvalue weighted by atomic mass is 10.1. The van der Waals surface area contributed by atoms with Crippen LogP contribution in [0, 0.1) is 0 Å². The third-order valence-electron chi connectivity index (χ3n) is 4.34. The SMILES string of the molecule is CC(C)c1noc(CCC(=O)N2C[C@@H](c3ccccc3)O[C@@H](C)C2)n1. The number of carbonyl (C=O) groups is 1. The lowest BCUT2D eigenvalue weighted by Gasteiger charge is -2.37. The van der Waals surface area contributed by atoms with Crippen molar-refractivity contribution in [3.63, 3.8) is 0 Å². The monoisotopic (exact) mass is 343 g/mol. The van der Waals surface area contributed by atoms with Crippen LogP contribution >= 0.6 is 0 Å². The molecular formula is C19H25N3O3. The minimum Gasteiger partial charge on any atom is -0.367 e. The molecule has 2 heterocycles. The van der Waals surface area contributed by atoms with Gasteiger partial charge in [-0.2, -0.15) is 4.98 Å². The van der Waals surface area contributed by atoms with Gasteiger partial charge in [-0.25, -0.2) is 0 Å². The Morgan fingerprint density at radius 1 is 1.28 bits per heavy atom. The van der Waals surface area contributed by atoms with Crippen LogP contribution in [0.25, 0.3) is 0 Å². The molecule has 1 aliphatic heterocycles. The Bertz CT molecular complexity index is 699. The van der Waals surface area contributed by atoms with E-state index in [4.69, 9.17) is 9.26 Å². The maximum absolute atomic E-state index is 12.6. The molecule has 0 bridgehead atoms. The molecule has 0 unspecified atom stereocenters. The Morgan fingerprint density at radius 2 is 2.04 bits per heavy atom. The normalized spacial score (nSPS) is 20.9. The molecule has 1 saturated heterocycles. The molecule has 1 aromatic carbocycles. The lowest BCUT2D eigenvalue weighted by molar-refractivity contribution is -0.144. The van der Waals surface area contributed by atoms with Crippen molar-refractivity contribution in [2.45, 2.75) is 51.7 Å². The molecule has 1 aliphatic rings. The van der Waals surface area contributed by atoms with E-state index >= 15 is 0 Å². The second-order valence-corrected chi connectivity index (χ2v) is 6.85. The number of benzene rings is 1. The fraction of sp³-hybridized carbons (Fsp3) is 0.526. The summed E-state index contributed by atoms with van der Waals surface area (Å²) in [5, 5.41) is 3.94. The third-order valence-corrected chi connectivity index (χ3v) is 4.34. The van der Waals surface area contributed by atoms with Gasteiger partial charge in [-0.3, -0.25) is 4.79 Å². The van der Waals surface area contributed by atoms with E-state index in [1.54, 1.807) is 0 Å². The molecule has 6 heteroatoms. The van der Waals surface area contributed by atoms with Gasteiger partial charge in [0.1, 0.15) is 6.10 Å². The fourth-order valence-corrected chi connectivity index (χ4v) is 2.98. The highest BCUT2D eigenvalue weighted by Crippen LogP contribution is 2.25. The summed E-state index contributed by atoms with van der Waals surface area (Å²) in [5.74, 6) is 1.53. The summed E-state index contributed by atoms with van der Waals surface area (Å²) in [6.07, 6.45) is 0.776. The number of rotatable bonds is 5. The van der Waals surface area contributed by atoms with E-state index in [0.717, 1.165) is 5.56 Å². The number of hydrogen-bond donors (Lipinski definition) is 0. The first kappa shape index (κ1) is 17.6. The number of aromatic nitrogens is 2. The molecule has 1 amide bonds. The molecule has 0 N–H and O–H groups in total. The predicted molar refractivity (Wildman–Crippen MR) is 93.0 cm³/mol. The summed E-state index contributed by atoms with van der Waals surface area (Å²) >= 11 is 0. The molecule has 2 atom stereocenters. The number of amides is 1. The first-order valence-electron chi connectivity index (χ1n) is 8.83. The van der Waals surface area contributed by atoms with Crippen LogP contribution in [-0.4, -0.2) is 40.1 Å². The average molecular weight is 343 g/mol. The maximum Gasteiger partial charge on any atom is 0.227 e. The number of nitrogens with zero attached hydrogens (tertiary/aromatic N) is 3. The minimum absolute atomic E-state index is 0.0128. The zero-order chi connectivity index (χ0) is 17.8. The van der Waals surface area contributed by atoms with Crippen LogP contribution in [0.15, 0.2) is 34.9 Å². The second kappa shape index (κ2) is 7.78. The smallest absolute Gasteiger partial charge is 0.227 e.